The van der Waals surface area contributed by atoms with E-state index < -0.39 is 0 Å². The third-order valence-electron chi connectivity index (χ3n) is 5.36. The van der Waals surface area contributed by atoms with E-state index in [-0.39, 0.29) is 0 Å². The average molecular weight is 394 g/mol. The summed E-state index contributed by atoms with van der Waals surface area (Å²) in [6, 6.07) is 18.8. The summed E-state index contributed by atoms with van der Waals surface area (Å²) in [6.45, 7) is 11.8. The monoisotopic (exact) mass is 393 g/mol. The van der Waals surface area contributed by atoms with Gasteiger partial charge in [0, 0.05) is 45.0 Å². The molecule has 1 aliphatic rings. The molecule has 0 saturated carbocycles. The molecule has 0 aliphatic carbocycles. The number of rotatable bonds is 7. The van der Waals surface area contributed by atoms with Gasteiger partial charge >= 0.3 is 0 Å². The van der Waals surface area contributed by atoms with Crippen molar-refractivity contribution in [1.29, 1.82) is 0 Å². The van der Waals surface area contributed by atoms with E-state index in [4.69, 9.17) is 4.99 Å². The van der Waals surface area contributed by atoms with Gasteiger partial charge in [0.1, 0.15) is 0 Å². The van der Waals surface area contributed by atoms with E-state index in [0.717, 1.165) is 37.8 Å². The molecule has 1 atom stereocenters. The molecule has 2 aromatic rings. The van der Waals surface area contributed by atoms with Crippen LogP contribution in [0.15, 0.2) is 59.6 Å². The Labute approximate surface area is 175 Å². The molecule has 1 heterocycles. The summed E-state index contributed by atoms with van der Waals surface area (Å²) in [6.07, 6.45) is 0. The number of aliphatic imine (C=N–C) groups is 1. The lowest BCUT2D eigenvalue weighted by molar-refractivity contribution is 0.139. The lowest BCUT2D eigenvalue weighted by Crippen LogP contribution is -2.47. The number of hydrogen-bond donors (Lipinski definition) is 2. The number of nitrogens with one attached hydrogen (secondary N) is 2. The van der Waals surface area contributed by atoms with Crippen molar-refractivity contribution in [3.05, 3.63) is 65.7 Å². The molecular weight excluding hydrogens is 358 g/mol. The van der Waals surface area contributed by atoms with Crippen molar-refractivity contribution in [3.63, 3.8) is 0 Å². The first-order chi connectivity index (χ1) is 14.1. The second-order valence-electron chi connectivity index (χ2n) is 8.23. The van der Waals surface area contributed by atoms with Crippen molar-refractivity contribution >= 4 is 11.6 Å². The summed E-state index contributed by atoms with van der Waals surface area (Å²) in [5, 5.41) is 6.99. The van der Waals surface area contributed by atoms with Crippen molar-refractivity contribution in [2.75, 3.05) is 51.6 Å². The normalized spacial score (nSPS) is 17.1. The van der Waals surface area contributed by atoms with Crippen LogP contribution in [0, 0.1) is 12.8 Å². The van der Waals surface area contributed by atoms with Crippen LogP contribution in [0.5, 0.6) is 0 Å². The summed E-state index contributed by atoms with van der Waals surface area (Å²) >= 11 is 0. The van der Waals surface area contributed by atoms with Gasteiger partial charge in [-0.2, -0.15) is 0 Å². The van der Waals surface area contributed by atoms with E-state index in [1.807, 2.05) is 18.2 Å². The van der Waals surface area contributed by atoms with E-state index in [2.05, 4.69) is 77.7 Å². The van der Waals surface area contributed by atoms with Gasteiger partial charge in [-0.15, -0.1) is 0 Å². The molecule has 5 nitrogen and oxygen atoms in total. The second-order valence-corrected chi connectivity index (χ2v) is 8.23. The van der Waals surface area contributed by atoms with Gasteiger partial charge in [0.05, 0.1) is 6.54 Å². The average Bonchev–Trinajstić information content (AvgIpc) is 2.73. The van der Waals surface area contributed by atoms with Crippen LogP contribution in [0.4, 0.5) is 5.69 Å². The minimum atomic E-state index is 0.556. The highest BCUT2D eigenvalue weighted by Crippen LogP contribution is 2.08. The van der Waals surface area contributed by atoms with E-state index in [9.17, 15) is 0 Å². The van der Waals surface area contributed by atoms with Gasteiger partial charge in [-0.05, 0) is 37.6 Å². The summed E-state index contributed by atoms with van der Waals surface area (Å²) in [5.41, 5.74) is 3.54. The van der Waals surface area contributed by atoms with Crippen LogP contribution in [0.25, 0.3) is 0 Å². The molecule has 1 aliphatic heterocycles. The van der Waals surface area contributed by atoms with Gasteiger partial charge < -0.3 is 20.4 Å². The molecule has 0 amide bonds. The molecule has 1 fully saturated rings. The highest BCUT2D eigenvalue weighted by atomic mass is 15.2. The molecule has 0 aromatic heterocycles. The highest BCUT2D eigenvalue weighted by molar-refractivity contribution is 5.93. The third-order valence-corrected chi connectivity index (χ3v) is 5.36. The minimum absolute atomic E-state index is 0.556. The molecule has 1 saturated heterocycles. The first kappa shape index (κ1) is 21.3. The zero-order chi connectivity index (χ0) is 20.5. The quantitative estimate of drug-likeness (QED) is 0.559. The number of piperazine rings is 1. The molecular formula is C24H35N5. The van der Waals surface area contributed by atoms with Gasteiger partial charge in [-0.25, -0.2) is 4.99 Å². The Morgan fingerprint density at radius 2 is 1.69 bits per heavy atom. The number of aryl methyl sites for hydroxylation is 1. The highest BCUT2D eigenvalue weighted by Gasteiger charge is 2.16. The standard InChI is InChI=1S/C24H35N5/c1-20-9-11-22(12-10-20)18-26-24(27-23-7-5-4-6-8-23)25-17-21(2)19-29-15-13-28(3)14-16-29/h4-12,21H,13-19H2,1-3H3,(H2,25,26,27). The molecule has 156 valence electrons. The van der Waals surface area contributed by atoms with Gasteiger partial charge in [0.15, 0.2) is 5.96 Å². The van der Waals surface area contributed by atoms with Crippen LogP contribution in [-0.4, -0.2) is 62.1 Å². The molecule has 2 aromatic carbocycles. The van der Waals surface area contributed by atoms with Crippen molar-refractivity contribution in [2.45, 2.75) is 20.4 Å². The molecule has 0 bridgehead atoms. The van der Waals surface area contributed by atoms with Crippen LogP contribution >= 0.6 is 0 Å². The molecule has 0 radical (unpaired) electrons. The second kappa shape index (κ2) is 11.0. The van der Waals surface area contributed by atoms with Crippen molar-refractivity contribution in [1.82, 2.24) is 15.1 Å². The smallest absolute Gasteiger partial charge is 0.196 e. The molecule has 0 spiro atoms. The van der Waals surface area contributed by atoms with Crippen LogP contribution in [0.3, 0.4) is 0 Å². The van der Waals surface area contributed by atoms with E-state index >= 15 is 0 Å². The van der Waals surface area contributed by atoms with Gasteiger partial charge in [-0.3, -0.25) is 0 Å². The number of guanidine groups is 1. The predicted molar refractivity (Wildman–Crippen MR) is 123 cm³/mol. The molecule has 1 unspecified atom stereocenters. The number of nitrogens with zero attached hydrogens (tertiary/aromatic N) is 3. The maximum atomic E-state index is 4.82. The fraction of sp³-hybridized carbons (Fsp3) is 0.458. The van der Waals surface area contributed by atoms with E-state index in [0.29, 0.717) is 12.5 Å². The SMILES string of the molecule is Cc1ccc(CN=C(NCC(C)CN2CCN(C)CC2)Nc2ccccc2)cc1. The van der Waals surface area contributed by atoms with Crippen molar-refractivity contribution in [3.8, 4) is 0 Å². The Balaban J connectivity index is 1.56. The summed E-state index contributed by atoms with van der Waals surface area (Å²) in [4.78, 5) is 9.79. The van der Waals surface area contributed by atoms with Crippen LogP contribution in [0.2, 0.25) is 0 Å². The third kappa shape index (κ3) is 7.52. The fourth-order valence-electron chi connectivity index (χ4n) is 3.47. The summed E-state index contributed by atoms with van der Waals surface area (Å²) in [7, 11) is 2.20. The lowest BCUT2D eigenvalue weighted by Gasteiger charge is -2.34. The Hall–Kier alpha value is -2.37. The summed E-state index contributed by atoms with van der Waals surface area (Å²) in [5.74, 6) is 1.39. The fourth-order valence-corrected chi connectivity index (χ4v) is 3.47. The Bertz CT molecular complexity index is 749. The maximum Gasteiger partial charge on any atom is 0.196 e. The van der Waals surface area contributed by atoms with Crippen LogP contribution in [-0.2, 0) is 6.54 Å². The van der Waals surface area contributed by atoms with Gasteiger partial charge in [-0.1, -0.05) is 55.0 Å². The molecule has 5 heteroatoms. The lowest BCUT2D eigenvalue weighted by atomic mass is 10.1. The number of benzene rings is 2. The minimum Gasteiger partial charge on any atom is -0.356 e. The number of anilines is 1. The van der Waals surface area contributed by atoms with Crippen LogP contribution in [0.1, 0.15) is 18.1 Å². The Morgan fingerprint density at radius 3 is 2.38 bits per heavy atom. The Kier molecular flexibility index (Phi) is 8.08. The van der Waals surface area contributed by atoms with Gasteiger partial charge in [0.25, 0.3) is 0 Å². The number of likely N-dealkylation sites (N-methyl/N-ethyl adjacent to an activating group) is 1. The van der Waals surface area contributed by atoms with Crippen molar-refractivity contribution < 1.29 is 0 Å². The first-order valence-corrected chi connectivity index (χ1v) is 10.7. The topological polar surface area (TPSA) is 42.9 Å². The molecule has 29 heavy (non-hydrogen) atoms. The Morgan fingerprint density at radius 1 is 1.00 bits per heavy atom. The zero-order valence-corrected chi connectivity index (χ0v) is 18.1. The maximum absolute atomic E-state index is 4.82. The molecule has 2 N–H and O–H groups in total. The van der Waals surface area contributed by atoms with E-state index in [1.54, 1.807) is 0 Å². The van der Waals surface area contributed by atoms with Crippen molar-refractivity contribution in [2.24, 2.45) is 10.9 Å². The zero-order valence-electron chi connectivity index (χ0n) is 18.1. The summed E-state index contributed by atoms with van der Waals surface area (Å²) < 4.78 is 0. The van der Waals surface area contributed by atoms with Gasteiger partial charge in [0.2, 0.25) is 0 Å². The largest absolute Gasteiger partial charge is 0.356 e. The first-order valence-electron chi connectivity index (χ1n) is 10.7. The predicted octanol–water partition coefficient (Wildman–Crippen LogP) is 3.44. The number of para-hydroxylation sites is 1. The molecule has 3 rings (SSSR count). The van der Waals surface area contributed by atoms with Crippen LogP contribution < -0.4 is 10.6 Å². The number of hydrogen-bond acceptors (Lipinski definition) is 3. The van der Waals surface area contributed by atoms with E-state index in [1.165, 1.54) is 24.2 Å².